The maximum Gasteiger partial charge on any atom is 0.138 e. The number of nitrogens with one attached hydrogen (secondary N) is 1. The highest BCUT2D eigenvalue weighted by Gasteiger charge is 2.26. The van der Waals surface area contributed by atoms with Crippen molar-refractivity contribution in [1.82, 2.24) is 20.1 Å². The Morgan fingerprint density at radius 1 is 1.45 bits per heavy atom. The summed E-state index contributed by atoms with van der Waals surface area (Å²) in [6.45, 7) is 8.40. The van der Waals surface area contributed by atoms with Crippen molar-refractivity contribution in [2.24, 2.45) is 0 Å². The number of nitrogens with zero attached hydrogens (tertiary/aromatic N) is 3. The molecule has 5 heteroatoms. The van der Waals surface area contributed by atoms with Gasteiger partial charge in [-0.15, -0.1) is 0 Å². The van der Waals surface area contributed by atoms with Crippen molar-refractivity contribution >= 4 is 0 Å². The molecule has 0 amide bonds. The zero-order valence-electron chi connectivity index (χ0n) is 13.0. The van der Waals surface area contributed by atoms with Gasteiger partial charge < -0.3 is 10.1 Å². The van der Waals surface area contributed by atoms with Crippen molar-refractivity contribution in [2.45, 2.75) is 71.1 Å². The molecule has 0 radical (unpaired) electrons. The van der Waals surface area contributed by atoms with E-state index >= 15 is 0 Å². The molecule has 1 aromatic heterocycles. The van der Waals surface area contributed by atoms with Gasteiger partial charge in [0, 0.05) is 25.1 Å². The van der Waals surface area contributed by atoms with Gasteiger partial charge in [-0.25, -0.2) is 9.67 Å². The number of aromatic nitrogens is 3. The van der Waals surface area contributed by atoms with Gasteiger partial charge in [0.05, 0.1) is 6.10 Å². The van der Waals surface area contributed by atoms with Crippen LogP contribution in [0.1, 0.15) is 58.3 Å². The zero-order valence-corrected chi connectivity index (χ0v) is 13.0. The summed E-state index contributed by atoms with van der Waals surface area (Å²) in [6, 6.07) is 0.698. The van der Waals surface area contributed by atoms with Gasteiger partial charge in [-0.1, -0.05) is 6.92 Å². The average molecular weight is 280 g/mol. The zero-order chi connectivity index (χ0) is 14.4. The summed E-state index contributed by atoms with van der Waals surface area (Å²) in [4.78, 5) is 4.44. The van der Waals surface area contributed by atoms with Crippen LogP contribution in [-0.4, -0.2) is 40.1 Å². The summed E-state index contributed by atoms with van der Waals surface area (Å²) in [5, 5.41) is 7.97. The minimum atomic E-state index is 0.313. The van der Waals surface area contributed by atoms with Gasteiger partial charge in [0.2, 0.25) is 0 Å². The molecule has 1 aromatic rings. The predicted octanol–water partition coefficient (Wildman–Crippen LogP) is 2.34. The molecule has 0 saturated carbocycles. The van der Waals surface area contributed by atoms with Gasteiger partial charge in [-0.3, -0.25) is 0 Å². The molecule has 0 aliphatic carbocycles. The van der Waals surface area contributed by atoms with Gasteiger partial charge in [0.15, 0.2) is 0 Å². The quantitative estimate of drug-likeness (QED) is 0.833. The molecular formula is C15H28N4O. The van der Waals surface area contributed by atoms with E-state index in [0.717, 1.165) is 38.2 Å². The van der Waals surface area contributed by atoms with E-state index in [1.807, 2.05) is 4.68 Å². The summed E-state index contributed by atoms with van der Waals surface area (Å²) in [7, 11) is 0. The normalized spacial score (nSPS) is 21.3. The van der Waals surface area contributed by atoms with E-state index in [1.54, 1.807) is 6.33 Å². The molecule has 1 saturated heterocycles. The summed E-state index contributed by atoms with van der Waals surface area (Å²) in [5.74, 6) is 1.06. The highest BCUT2D eigenvalue weighted by molar-refractivity contribution is 4.94. The highest BCUT2D eigenvalue weighted by atomic mass is 16.5. The molecule has 0 spiro atoms. The van der Waals surface area contributed by atoms with Crippen LogP contribution in [0.4, 0.5) is 0 Å². The fraction of sp³-hybridized carbons (Fsp3) is 0.867. The van der Waals surface area contributed by atoms with Crippen LogP contribution in [0.5, 0.6) is 0 Å². The van der Waals surface area contributed by atoms with Crippen LogP contribution in [0.25, 0.3) is 0 Å². The summed E-state index contributed by atoms with van der Waals surface area (Å²) < 4.78 is 7.98. The van der Waals surface area contributed by atoms with Crippen molar-refractivity contribution in [1.29, 1.82) is 0 Å². The molecule has 2 heterocycles. The number of hydrogen-bond donors (Lipinski definition) is 1. The SMILES string of the molecule is CCCNC(Cc1ncnn1C(C)C)C1CCCCO1. The van der Waals surface area contributed by atoms with Crippen LogP contribution in [-0.2, 0) is 11.2 Å². The minimum absolute atomic E-state index is 0.313. The fourth-order valence-electron chi connectivity index (χ4n) is 2.80. The van der Waals surface area contributed by atoms with E-state index in [4.69, 9.17) is 4.74 Å². The second-order valence-corrected chi connectivity index (χ2v) is 5.88. The smallest absolute Gasteiger partial charge is 0.138 e. The van der Waals surface area contributed by atoms with Crippen molar-refractivity contribution < 1.29 is 4.74 Å². The third-order valence-electron chi connectivity index (χ3n) is 3.86. The first kappa shape index (κ1) is 15.4. The molecule has 2 rings (SSSR count). The van der Waals surface area contributed by atoms with Gasteiger partial charge >= 0.3 is 0 Å². The highest BCUT2D eigenvalue weighted by Crippen LogP contribution is 2.19. The molecule has 20 heavy (non-hydrogen) atoms. The lowest BCUT2D eigenvalue weighted by molar-refractivity contribution is -0.00800. The van der Waals surface area contributed by atoms with Gasteiger partial charge in [0.1, 0.15) is 12.2 Å². The van der Waals surface area contributed by atoms with E-state index in [-0.39, 0.29) is 0 Å². The first-order chi connectivity index (χ1) is 9.72. The minimum Gasteiger partial charge on any atom is -0.377 e. The van der Waals surface area contributed by atoms with Crippen LogP contribution >= 0.6 is 0 Å². The monoisotopic (exact) mass is 280 g/mol. The lowest BCUT2D eigenvalue weighted by atomic mass is 9.99. The van der Waals surface area contributed by atoms with Crippen LogP contribution in [0.15, 0.2) is 6.33 Å². The predicted molar refractivity (Wildman–Crippen MR) is 79.8 cm³/mol. The Bertz CT molecular complexity index is 385. The molecule has 0 bridgehead atoms. The summed E-state index contributed by atoms with van der Waals surface area (Å²) >= 11 is 0. The molecular weight excluding hydrogens is 252 g/mol. The van der Waals surface area contributed by atoms with E-state index in [1.165, 1.54) is 12.8 Å². The number of hydrogen-bond acceptors (Lipinski definition) is 4. The van der Waals surface area contributed by atoms with E-state index in [2.05, 4.69) is 36.2 Å². The average Bonchev–Trinajstić information content (AvgIpc) is 2.92. The van der Waals surface area contributed by atoms with Gasteiger partial charge in [-0.2, -0.15) is 5.10 Å². The molecule has 1 fully saturated rings. The van der Waals surface area contributed by atoms with Crippen molar-refractivity contribution in [3.63, 3.8) is 0 Å². The van der Waals surface area contributed by atoms with Crippen molar-refractivity contribution in [2.75, 3.05) is 13.2 Å². The van der Waals surface area contributed by atoms with Crippen molar-refractivity contribution in [3.8, 4) is 0 Å². The Kier molecular flexibility index (Phi) is 5.98. The molecule has 1 N–H and O–H groups in total. The first-order valence-electron chi connectivity index (χ1n) is 7.95. The van der Waals surface area contributed by atoms with Crippen LogP contribution in [0.3, 0.4) is 0 Å². The van der Waals surface area contributed by atoms with Gasteiger partial charge in [-0.05, 0) is 46.1 Å². The molecule has 2 atom stereocenters. The Balaban J connectivity index is 2.03. The molecule has 1 aliphatic rings. The molecule has 114 valence electrons. The second kappa shape index (κ2) is 7.74. The Hall–Kier alpha value is -0.940. The standard InChI is InChI=1S/C15H28N4O/c1-4-8-16-13(14-7-5-6-9-20-14)10-15-17-11-18-19(15)12(2)3/h11-14,16H,4-10H2,1-3H3. The van der Waals surface area contributed by atoms with Crippen LogP contribution in [0.2, 0.25) is 0 Å². The van der Waals surface area contributed by atoms with E-state index in [0.29, 0.717) is 18.2 Å². The lowest BCUT2D eigenvalue weighted by Crippen LogP contribution is -2.45. The molecule has 2 unspecified atom stereocenters. The third-order valence-corrected chi connectivity index (χ3v) is 3.86. The fourth-order valence-corrected chi connectivity index (χ4v) is 2.80. The summed E-state index contributed by atoms with van der Waals surface area (Å²) in [5.41, 5.74) is 0. The Morgan fingerprint density at radius 3 is 2.95 bits per heavy atom. The second-order valence-electron chi connectivity index (χ2n) is 5.88. The van der Waals surface area contributed by atoms with Crippen molar-refractivity contribution in [3.05, 3.63) is 12.2 Å². The topological polar surface area (TPSA) is 52.0 Å². The van der Waals surface area contributed by atoms with E-state index in [9.17, 15) is 0 Å². The Labute approximate surface area is 122 Å². The molecule has 0 aromatic carbocycles. The van der Waals surface area contributed by atoms with Crippen LogP contribution < -0.4 is 5.32 Å². The lowest BCUT2D eigenvalue weighted by Gasteiger charge is -2.31. The van der Waals surface area contributed by atoms with E-state index < -0.39 is 0 Å². The largest absolute Gasteiger partial charge is 0.377 e. The van der Waals surface area contributed by atoms with Crippen LogP contribution in [0, 0.1) is 0 Å². The number of ether oxygens (including phenoxy) is 1. The maximum absolute atomic E-state index is 5.97. The first-order valence-corrected chi connectivity index (χ1v) is 7.95. The molecule has 5 nitrogen and oxygen atoms in total. The summed E-state index contributed by atoms with van der Waals surface area (Å²) in [6.07, 6.45) is 7.62. The Morgan fingerprint density at radius 2 is 2.30 bits per heavy atom. The maximum atomic E-state index is 5.97. The number of rotatable bonds is 7. The third kappa shape index (κ3) is 4.03. The van der Waals surface area contributed by atoms with Gasteiger partial charge in [0.25, 0.3) is 0 Å². The molecule has 1 aliphatic heterocycles.